The summed E-state index contributed by atoms with van der Waals surface area (Å²) in [5.41, 5.74) is 0. The average molecular weight is 272 g/mol. The molecule has 0 bridgehead atoms. The van der Waals surface area contributed by atoms with E-state index in [1.807, 2.05) is 0 Å². The quantitative estimate of drug-likeness (QED) is 0.620. The largest absolute Gasteiger partial charge is 0.480 e. The second kappa shape index (κ2) is 7.31. The molecule has 0 aliphatic carbocycles. The first-order chi connectivity index (χ1) is 9.02. The molecule has 0 radical (unpaired) electrons. The molecule has 0 fully saturated rings. The van der Waals surface area contributed by atoms with E-state index in [9.17, 15) is 9.59 Å². The number of hydrogen-bond donors (Lipinski definition) is 3. The number of urea groups is 1. The average Bonchev–Trinajstić information content (AvgIpc) is 2.77. The van der Waals surface area contributed by atoms with Crippen molar-refractivity contribution in [2.24, 2.45) is 0 Å². The van der Waals surface area contributed by atoms with Gasteiger partial charge in [0.2, 0.25) is 5.89 Å². The molecule has 1 heterocycles. The molecule has 1 atom stereocenters. The summed E-state index contributed by atoms with van der Waals surface area (Å²) in [6.45, 7) is 1.92. The first-order valence-corrected chi connectivity index (χ1v) is 5.58. The predicted octanol–water partition coefficient (Wildman–Crippen LogP) is -0.333. The maximum Gasteiger partial charge on any atom is 0.326 e. The fraction of sp³-hybridized carbons (Fsp3) is 0.600. The van der Waals surface area contributed by atoms with Crippen molar-refractivity contribution in [2.45, 2.75) is 25.9 Å². The van der Waals surface area contributed by atoms with E-state index in [1.54, 1.807) is 6.92 Å². The normalized spacial score (nSPS) is 11.9. The summed E-state index contributed by atoms with van der Waals surface area (Å²) in [6.07, 6.45) is 0.181. The number of carboxylic acids is 1. The van der Waals surface area contributed by atoms with Crippen molar-refractivity contribution >= 4 is 12.0 Å². The number of methoxy groups -OCH3 is 1. The third kappa shape index (κ3) is 5.34. The summed E-state index contributed by atoms with van der Waals surface area (Å²) in [7, 11) is 1.46. The smallest absolute Gasteiger partial charge is 0.326 e. The summed E-state index contributed by atoms with van der Waals surface area (Å²) in [4.78, 5) is 26.3. The lowest BCUT2D eigenvalue weighted by Gasteiger charge is -2.14. The molecule has 9 nitrogen and oxygen atoms in total. The molecule has 106 valence electrons. The number of nitrogens with zero attached hydrogens (tertiary/aromatic N) is 2. The summed E-state index contributed by atoms with van der Waals surface area (Å²) >= 11 is 0. The van der Waals surface area contributed by atoms with Crippen molar-refractivity contribution in [3.63, 3.8) is 0 Å². The Bertz CT molecular complexity index is 433. The van der Waals surface area contributed by atoms with Crippen molar-refractivity contribution in [1.82, 2.24) is 20.8 Å². The maximum atomic E-state index is 11.5. The molecule has 1 aromatic rings. The van der Waals surface area contributed by atoms with Gasteiger partial charge in [-0.1, -0.05) is 5.16 Å². The van der Waals surface area contributed by atoms with Crippen molar-refractivity contribution in [3.8, 4) is 0 Å². The summed E-state index contributed by atoms with van der Waals surface area (Å²) in [5, 5.41) is 17.2. The predicted molar refractivity (Wildman–Crippen MR) is 62.3 cm³/mol. The number of carbonyl (C=O) groups is 2. The van der Waals surface area contributed by atoms with Gasteiger partial charge in [0.15, 0.2) is 5.82 Å². The van der Waals surface area contributed by atoms with Crippen LogP contribution in [0.2, 0.25) is 0 Å². The number of ether oxygens (including phenoxy) is 1. The highest BCUT2D eigenvalue weighted by Crippen LogP contribution is 1.95. The molecule has 0 saturated carbocycles. The first-order valence-electron chi connectivity index (χ1n) is 5.58. The highest BCUT2D eigenvalue weighted by molar-refractivity contribution is 5.82. The second-order valence-electron chi connectivity index (χ2n) is 3.73. The van der Waals surface area contributed by atoms with Crippen molar-refractivity contribution < 1.29 is 24.0 Å². The molecule has 0 spiro atoms. The van der Waals surface area contributed by atoms with Crippen molar-refractivity contribution in [3.05, 3.63) is 11.7 Å². The first kappa shape index (κ1) is 14.9. The Morgan fingerprint density at radius 1 is 1.53 bits per heavy atom. The molecule has 1 aromatic heterocycles. The monoisotopic (exact) mass is 272 g/mol. The highest BCUT2D eigenvalue weighted by Gasteiger charge is 2.19. The highest BCUT2D eigenvalue weighted by atomic mass is 16.5. The maximum absolute atomic E-state index is 11.5. The molecule has 0 saturated heterocycles. The van der Waals surface area contributed by atoms with Crippen LogP contribution in [-0.4, -0.2) is 47.0 Å². The fourth-order valence-corrected chi connectivity index (χ4v) is 1.27. The second-order valence-corrected chi connectivity index (χ2v) is 3.73. The summed E-state index contributed by atoms with van der Waals surface area (Å²) in [5.74, 6) is -0.417. The van der Waals surface area contributed by atoms with Crippen LogP contribution >= 0.6 is 0 Å². The number of nitrogens with one attached hydrogen (secondary N) is 2. The van der Waals surface area contributed by atoms with Crippen molar-refractivity contribution in [1.29, 1.82) is 0 Å². The Balaban J connectivity index is 2.37. The minimum Gasteiger partial charge on any atom is -0.480 e. The number of aliphatic carboxylic acids is 1. The van der Waals surface area contributed by atoms with E-state index in [1.165, 1.54) is 7.11 Å². The fourth-order valence-electron chi connectivity index (χ4n) is 1.27. The van der Waals surface area contributed by atoms with E-state index < -0.39 is 18.0 Å². The molecule has 1 unspecified atom stereocenters. The van der Waals surface area contributed by atoms with Gasteiger partial charge in [0, 0.05) is 27.1 Å². The van der Waals surface area contributed by atoms with Gasteiger partial charge in [-0.2, -0.15) is 4.98 Å². The van der Waals surface area contributed by atoms with Crippen LogP contribution in [-0.2, 0) is 16.1 Å². The van der Waals surface area contributed by atoms with Gasteiger partial charge in [0.1, 0.15) is 6.04 Å². The minimum absolute atomic E-state index is 0.0553. The van der Waals surface area contributed by atoms with E-state index in [2.05, 4.69) is 20.8 Å². The van der Waals surface area contributed by atoms with Crippen LogP contribution in [0, 0.1) is 6.92 Å². The number of carboxylic acid groups (broad SMARTS) is 1. The molecule has 2 amide bonds. The summed E-state index contributed by atoms with van der Waals surface area (Å²) < 4.78 is 9.49. The Labute approximate surface area is 109 Å². The molecule has 19 heavy (non-hydrogen) atoms. The van der Waals surface area contributed by atoms with Gasteiger partial charge in [-0.05, 0) is 0 Å². The van der Waals surface area contributed by atoms with E-state index >= 15 is 0 Å². The number of carbonyl (C=O) groups excluding carboxylic acids is 1. The summed E-state index contributed by atoms with van der Waals surface area (Å²) in [6, 6.07) is -1.63. The molecular weight excluding hydrogens is 256 g/mol. The SMILES string of the molecule is COCCC(NC(=O)NCc1noc(C)n1)C(=O)O. The number of amides is 2. The van der Waals surface area contributed by atoms with Gasteiger partial charge in [-0.3, -0.25) is 0 Å². The molecule has 0 aliphatic rings. The molecule has 3 N–H and O–H groups in total. The van der Waals surface area contributed by atoms with E-state index in [-0.39, 0.29) is 19.6 Å². The molecular formula is C10H16N4O5. The number of aryl methyl sites for hydroxylation is 1. The zero-order valence-corrected chi connectivity index (χ0v) is 10.7. The third-order valence-electron chi connectivity index (χ3n) is 2.19. The van der Waals surface area contributed by atoms with Crippen LogP contribution in [0.3, 0.4) is 0 Å². The van der Waals surface area contributed by atoms with Crippen LogP contribution in [0.4, 0.5) is 4.79 Å². The molecule has 0 aliphatic heterocycles. The molecule has 9 heteroatoms. The number of aromatic nitrogens is 2. The lowest BCUT2D eigenvalue weighted by molar-refractivity contribution is -0.139. The van der Waals surface area contributed by atoms with Gasteiger partial charge < -0.3 is 25.0 Å². The van der Waals surface area contributed by atoms with Crippen molar-refractivity contribution in [2.75, 3.05) is 13.7 Å². The number of hydrogen-bond acceptors (Lipinski definition) is 6. The van der Waals surface area contributed by atoms with Crippen LogP contribution in [0.5, 0.6) is 0 Å². The van der Waals surface area contributed by atoms with Crippen LogP contribution in [0.1, 0.15) is 18.1 Å². The van der Waals surface area contributed by atoms with Gasteiger partial charge >= 0.3 is 12.0 Å². The Hall–Kier alpha value is -2.16. The minimum atomic E-state index is -1.12. The van der Waals surface area contributed by atoms with Gasteiger partial charge in [-0.15, -0.1) is 0 Å². The van der Waals surface area contributed by atoms with Gasteiger partial charge in [0.05, 0.1) is 6.54 Å². The lowest BCUT2D eigenvalue weighted by atomic mass is 10.2. The Morgan fingerprint density at radius 3 is 2.79 bits per heavy atom. The standard InChI is InChI=1S/C10H16N4O5/c1-6-12-8(14-19-6)5-11-10(17)13-7(9(15)16)3-4-18-2/h7H,3-5H2,1-2H3,(H,15,16)(H2,11,13,17). The van der Waals surface area contributed by atoms with Crippen LogP contribution in [0.15, 0.2) is 4.52 Å². The topological polar surface area (TPSA) is 127 Å². The van der Waals surface area contributed by atoms with E-state index in [0.29, 0.717) is 11.7 Å². The lowest BCUT2D eigenvalue weighted by Crippen LogP contribution is -2.46. The molecule has 0 aromatic carbocycles. The van der Waals surface area contributed by atoms with E-state index in [0.717, 1.165) is 0 Å². The van der Waals surface area contributed by atoms with Gasteiger partial charge in [0.25, 0.3) is 0 Å². The number of rotatable bonds is 7. The zero-order valence-electron chi connectivity index (χ0n) is 10.7. The third-order valence-corrected chi connectivity index (χ3v) is 2.19. The van der Waals surface area contributed by atoms with E-state index in [4.69, 9.17) is 14.4 Å². The molecule has 1 rings (SSSR count). The Kier molecular flexibility index (Phi) is 5.73. The van der Waals surface area contributed by atoms with Crippen LogP contribution < -0.4 is 10.6 Å². The van der Waals surface area contributed by atoms with Gasteiger partial charge in [-0.25, -0.2) is 9.59 Å². The zero-order chi connectivity index (χ0) is 14.3. The Morgan fingerprint density at radius 2 is 2.26 bits per heavy atom. The van der Waals surface area contributed by atoms with Crippen LogP contribution in [0.25, 0.3) is 0 Å².